The van der Waals surface area contributed by atoms with Crippen LogP contribution in [-0.2, 0) is 20.5 Å². The van der Waals surface area contributed by atoms with E-state index in [4.69, 9.17) is 19.4 Å². The van der Waals surface area contributed by atoms with E-state index in [0.29, 0.717) is 23.3 Å². The van der Waals surface area contributed by atoms with Gasteiger partial charge in [-0.25, -0.2) is 4.79 Å². The minimum atomic E-state index is -3.56. The van der Waals surface area contributed by atoms with Gasteiger partial charge in [0.1, 0.15) is 0 Å². The van der Waals surface area contributed by atoms with Gasteiger partial charge in [0.05, 0.1) is 6.61 Å². The minimum Gasteiger partial charge on any atom is -0.463 e. The normalized spacial score (nSPS) is 12.0. The summed E-state index contributed by atoms with van der Waals surface area (Å²) in [7, 11) is 0.399. The summed E-state index contributed by atoms with van der Waals surface area (Å²) in [6, 6.07) is 0. The first-order chi connectivity index (χ1) is 14.5. The lowest BCUT2D eigenvalue weighted by molar-refractivity contribution is -0.137. The fourth-order valence-electron chi connectivity index (χ4n) is 3.43. The largest absolute Gasteiger partial charge is 0.463 e. The predicted molar refractivity (Wildman–Crippen MR) is 131 cm³/mol. The summed E-state index contributed by atoms with van der Waals surface area (Å²) in [5.74, 6) is 0.457. The van der Waals surface area contributed by atoms with Crippen molar-refractivity contribution in [2.75, 3.05) is 12.4 Å². The lowest BCUT2D eigenvalue weighted by Crippen LogP contribution is -2.01. The molecule has 0 radical (unpaired) electrons. The van der Waals surface area contributed by atoms with Gasteiger partial charge in [-0.1, -0.05) is 102 Å². The second kappa shape index (κ2) is 22.1. The molecule has 180 valence electrons. The van der Waals surface area contributed by atoms with E-state index in [9.17, 15) is 4.79 Å². The fraction of sp³-hybridized carbons (Fsp3) is 0.870. The number of hydrogen-bond acceptors (Lipinski definition) is 2. The van der Waals surface area contributed by atoms with Crippen LogP contribution in [0.5, 0.6) is 0 Å². The van der Waals surface area contributed by atoms with Crippen LogP contribution in [0, 0.1) is 0 Å². The molecule has 0 fully saturated rings. The van der Waals surface area contributed by atoms with Gasteiger partial charge in [-0.2, -0.15) is 0 Å². The molecule has 0 aliphatic carbocycles. The molecule has 0 saturated carbocycles. The van der Waals surface area contributed by atoms with Crippen LogP contribution in [0.3, 0.4) is 0 Å². The second-order valence-electron chi connectivity index (χ2n) is 8.08. The zero-order chi connectivity index (χ0) is 22.3. The molecule has 0 aliphatic heterocycles. The van der Waals surface area contributed by atoms with Gasteiger partial charge in [0, 0.05) is 6.08 Å². The molecule has 5 nitrogen and oxygen atoms in total. The van der Waals surface area contributed by atoms with Crippen LogP contribution >= 0.6 is 6.72 Å². The molecule has 0 rings (SSSR count). The maximum absolute atomic E-state index is 11.1. The summed E-state index contributed by atoms with van der Waals surface area (Å²) in [5, 5.41) is 0. The lowest BCUT2D eigenvalue weighted by atomic mass is 10.0. The highest BCUT2D eigenvalue weighted by atomic mass is 32.5. The van der Waals surface area contributed by atoms with Crippen molar-refractivity contribution < 1.29 is 24.2 Å². The van der Waals surface area contributed by atoms with Crippen LogP contribution < -0.4 is 0 Å². The number of carbonyl (C=O) groups is 1. The molecule has 30 heavy (non-hydrogen) atoms. The van der Waals surface area contributed by atoms with Crippen molar-refractivity contribution in [1.29, 1.82) is 0 Å². The zero-order valence-corrected chi connectivity index (χ0v) is 20.9. The van der Waals surface area contributed by atoms with Gasteiger partial charge in [-0.15, -0.1) is 10.9 Å². The van der Waals surface area contributed by atoms with Crippen molar-refractivity contribution in [1.82, 2.24) is 0 Å². The van der Waals surface area contributed by atoms with Gasteiger partial charge < -0.3 is 19.4 Å². The Morgan fingerprint density at radius 2 is 1.07 bits per heavy atom. The van der Waals surface area contributed by atoms with Gasteiger partial charge in [-0.05, 0) is 25.5 Å². The van der Waals surface area contributed by atoms with Gasteiger partial charge in [-0.3, -0.25) is 0 Å². The average molecular weight is 467 g/mol. The van der Waals surface area contributed by atoms with Gasteiger partial charge in [0.25, 0.3) is 6.72 Å². The molecule has 3 N–H and O–H groups in total. The topological polar surface area (TPSA) is 87.0 Å². The van der Waals surface area contributed by atoms with Crippen molar-refractivity contribution in [2.24, 2.45) is 0 Å². The second-order valence-corrected chi connectivity index (χ2v) is 12.3. The lowest BCUT2D eigenvalue weighted by Gasteiger charge is -2.04. The molecule has 0 spiro atoms. The van der Waals surface area contributed by atoms with Crippen molar-refractivity contribution in [3.05, 3.63) is 12.2 Å². The Balaban J connectivity index is 3.12. The predicted octanol–water partition coefficient (Wildman–Crippen LogP) is 6.21. The third kappa shape index (κ3) is 25.9. The van der Waals surface area contributed by atoms with E-state index in [0.717, 1.165) is 25.7 Å². The molecule has 0 atom stereocenters. The molecule has 0 aromatic carbocycles. The molecular weight excluding hydrogens is 419 g/mol. The third-order valence-electron chi connectivity index (χ3n) is 5.14. The number of hydrogen-bond donors (Lipinski definition) is 4. The SMILES string of the molecule is CC=CC(=O)OCCCCCCCCCCCCCCCCCCC[SH]=P(O)(O)O. The maximum atomic E-state index is 11.1. The number of thiol groups is 1. The van der Waals surface area contributed by atoms with E-state index < -0.39 is 6.72 Å². The number of carbonyl (C=O) groups excluding carboxylic acids is 1. The average Bonchev–Trinajstić information content (AvgIpc) is 2.68. The Kier molecular flexibility index (Phi) is 22.0. The summed E-state index contributed by atoms with van der Waals surface area (Å²) in [6.45, 7) is -1.19. The maximum Gasteiger partial charge on any atom is 0.330 e. The van der Waals surface area contributed by atoms with Crippen LogP contribution in [0.15, 0.2) is 12.2 Å². The summed E-state index contributed by atoms with van der Waals surface area (Å²) < 4.78 is 5.08. The summed E-state index contributed by atoms with van der Waals surface area (Å²) in [5.41, 5.74) is 0. The molecule has 0 amide bonds. The third-order valence-corrected chi connectivity index (χ3v) is 7.77. The molecule has 0 unspecified atom stereocenters. The fourth-order valence-corrected chi connectivity index (χ4v) is 5.29. The first-order valence-corrected chi connectivity index (χ1v) is 15.4. The Morgan fingerprint density at radius 1 is 0.700 bits per heavy atom. The first-order valence-electron chi connectivity index (χ1n) is 12.0. The monoisotopic (exact) mass is 466 g/mol. The molecule has 0 saturated heterocycles. The number of allylic oxidation sites excluding steroid dienone is 1. The number of unbranched alkanes of at least 4 members (excludes halogenated alkanes) is 16. The van der Waals surface area contributed by atoms with Crippen molar-refractivity contribution >= 4 is 23.6 Å². The van der Waals surface area contributed by atoms with Crippen molar-refractivity contribution in [3.63, 3.8) is 0 Å². The summed E-state index contributed by atoms with van der Waals surface area (Å²) in [4.78, 5) is 37.8. The Labute approximate surface area is 188 Å². The number of rotatable bonds is 21. The van der Waals surface area contributed by atoms with Crippen molar-refractivity contribution in [2.45, 2.75) is 116 Å². The first kappa shape index (κ1) is 29.9. The molecule has 0 aromatic rings. The molecular formula is C23H47O5PS. The van der Waals surface area contributed by atoms with Gasteiger partial charge in [0.2, 0.25) is 0 Å². The quantitative estimate of drug-likeness (QED) is 0.0531. The highest BCUT2D eigenvalue weighted by Gasteiger charge is 1.99. The summed E-state index contributed by atoms with van der Waals surface area (Å²) in [6.07, 6.45) is 24.5. The van der Waals surface area contributed by atoms with E-state index >= 15 is 0 Å². The Hall–Kier alpha value is -0.130. The molecule has 0 bridgehead atoms. The van der Waals surface area contributed by atoms with Crippen LogP contribution in [0.25, 0.3) is 0 Å². The van der Waals surface area contributed by atoms with Gasteiger partial charge >= 0.3 is 5.97 Å². The Morgan fingerprint density at radius 3 is 1.43 bits per heavy atom. The van der Waals surface area contributed by atoms with Crippen LogP contribution in [0.4, 0.5) is 0 Å². The molecule has 0 aliphatic rings. The van der Waals surface area contributed by atoms with E-state index in [1.54, 1.807) is 6.08 Å². The van der Waals surface area contributed by atoms with Gasteiger partial charge in [0.15, 0.2) is 0 Å². The molecule has 0 heterocycles. The van der Waals surface area contributed by atoms with Crippen molar-refractivity contribution in [3.8, 4) is 0 Å². The Bertz CT molecular complexity index is 468. The van der Waals surface area contributed by atoms with Crippen LogP contribution in [0.1, 0.15) is 116 Å². The summed E-state index contributed by atoms with van der Waals surface area (Å²) >= 11 is 0. The smallest absolute Gasteiger partial charge is 0.330 e. The highest BCUT2D eigenvalue weighted by molar-refractivity contribution is 8.16. The molecule has 7 heteroatoms. The van der Waals surface area contributed by atoms with Crippen LogP contribution in [-0.4, -0.2) is 33.0 Å². The van der Waals surface area contributed by atoms with E-state index in [1.807, 2.05) is 6.92 Å². The zero-order valence-electron chi connectivity index (χ0n) is 19.1. The molecule has 0 aromatic heterocycles. The highest BCUT2D eigenvalue weighted by Crippen LogP contribution is 2.31. The van der Waals surface area contributed by atoms with Crippen LogP contribution in [0.2, 0.25) is 0 Å². The van der Waals surface area contributed by atoms with E-state index in [1.165, 1.54) is 89.5 Å². The van der Waals surface area contributed by atoms with E-state index in [2.05, 4.69) is 0 Å². The number of esters is 1. The standard InChI is InChI=1S/C23H47O5PS/c1-2-20-23(24)28-21-18-16-14-12-10-8-6-4-3-5-7-9-11-13-15-17-19-22-30-29(25,26)27/h2,20,25-27,30H,3-19,21-22H2,1H3. The number of ether oxygens (including phenoxy) is 1. The minimum absolute atomic E-state index is 0.229. The van der Waals surface area contributed by atoms with E-state index in [-0.39, 0.29) is 5.97 Å².